The molecule has 0 bridgehead atoms. The molecule has 0 radical (unpaired) electrons. The number of carbonyl (C=O) groups is 3. The zero-order valence-corrected chi connectivity index (χ0v) is 18.6. The van der Waals surface area contributed by atoms with Gasteiger partial charge in [-0.15, -0.1) is 0 Å². The topological polar surface area (TPSA) is 118 Å². The molecule has 0 aromatic heterocycles. The number of anilines is 1. The number of hydrogen-bond donors (Lipinski definition) is 3. The summed E-state index contributed by atoms with van der Waals surface area (Å²) in [4.78, 5) is 35.3. The Balaban J connectivity index is 1.91. The summed E-state index contributed by atoms with van der Waals surface area (Å²) in [5.74, 6) is -1.17. The van der Waals surface area contributed by atoms with Gasteiger partial charge in [-0.25, -0.2) is 5.43 Å². The molecule has 0 heterocycles. The largest absolute Gasteiger partial charge is 0.493 e. The summed E-state index contributed by atoms with van der Waals surface area (Å²) in [5.41, 5.74) is 4.63. The lowest BCUT2D eigenvalue weighted by Crippen LogP contribution is -2.41. The fraction of sp³-hybridized carbons (Fsp3) is 0.304. The fourth-order valence-electron chi connectivity index (χ4n) is 2.59. The summed E-state index contributed by atoms with van der Waals surface area (Å²) in [5, 5.41) is 9.00. The first-order valence-corrected chi connectivity index (χ1v) is 10.2. The highest BCUT2D eigenvalue weighted by Gasteiger charge is 2.13. The normalized spacial score (nSPS) is 10.7. The van der Waals surface area contributed by atoms with Crippen LogP contribution in [-0.2, 0) is 20.8 Å². The monoisotopic (exact) mass is 440 g/mol. The van der Waals surface area contributed by atoms with Crippen molar-refractivity contribution in [3.63, 3.8) is 0 Å². The number of aryl methyl sites for hydroxylation is 1. The highest BCUT2D eigenvalue weighted by molar-refractivity contribution is 6.35. The quantitative estimate of drug-likeness (QED) is 0.314. The molecule has 2 rings (SSSR count). The smallest absolute Gasteiger partial charge is 0.329 e. The minimum absolute atomic E-state index is 0.155. The van der Waals surface area contributed by atoms with Gasteiger partial charge in [0.2, 0.25) is 0 Å². The van der Waals surface area contributed by atoms with E-state index >= 15 is 0 Å². The Bertz CT molecular complexity index is 971. The Morgan fingerprint density at radius 3 is 2.38 bits per heavy atom. The van der Waals surface area contributed by atoms with Crippen LogP contribution in [-0.4, -0.2) is 43.7 Å². The zero-order valence-electron chi connectivity index (χ0n) is 18.6. The SMILES string of the molecule is CCc1ccc(NC(=O)COc2ccc(/C=N\NC(=O)C(=O)NC(C)C)cc2OC)cc1. The lowest BCUT2D eigenvalue weighted by atomic mass is 10.1. The van der Waals surface area contributed by atoms with Crippen LogP contribution < -0.4 is 25.5 Å². The summed E-state index contributed by atoms with van der Waals surface area (Å²) in [6.07, 6.45) is 2.29. The second kappa shape index (κ2) is 12.1. The van der Waals surface area contributed by atoms with Gasteiger partial charge in [0.1, 0.15) is 0 Å². The maximum absolute atomic E-state index is 12.2. The minimum Gasteiger partial charge on any atom is -0.493 e. The molecule has 0 aliphatic rings. The summed E-state index contributed by atoms with van der Waals surface area (Å²) < 4.78 is 10.9. The van der Waals surface area contributed by atoms with Crippen LogP contribution in [0, 0.1) is 0 Å². The van der Waals surface area contributed by atoms with Gasteiger partial charge in [-0.3, -0.25) is 14.4 Å². The molecule has 9 nitrogen and oxygen atoms in total. The van der Waals surface area contributed by atoms with E-state index in [0.29, 0.717) is 22.7 Å². The van der Waals surface area contributed by atoms with E-state index in [1.165, 1.54) is 18.9 Å². The van der Waals surface area contributed by atoms with E-state index in [1.807, 2.05) is 24.3 Å². The molecular formula is C23H28N4O5. The van der Waals surface area contributed by atoms with Crippen molar-refractivity contribution in [3.05, 3.63) is 53.6 Å². The van der Waals surface area contributed by atoms with Gasteiger partial charge in [0, 0.05) is 11.7 Å². The minimum atomic E-state index is -0.864. The molecule has 0 atom stereocenters. The van der Waals surface area contributed by atoms with Crippen molar-refractivity contribution in [2.24, 2.45) is 5.10 Å². The number of nitrogens with zero attached hydrogens (tertiary/aromatic N) is 1. The number of rotatable bonds is 9. The molecule has 3 amide bonds. The van der Waals surface area contributed by atoms with Crippen LogP contribution in [0.5, 0.6) is 11.5 Å². The predicted octanol–water partition coefficient (Wildman–Crippen LogP) is 2.25. The number of methoxy groups -OCH3 is 1. The maximum Gasteiger partial charge on any atom is 0.329 e. The van der Waals surface area contributed by atoms with Crippen molar-refractivity contribution >= 4 is 29.6 Å². The Kier molecular flexibility index (Phi) is 9.22. The molecule has 3 N–H and O–H groups in total. The number of amides is 3. The van der Waals surface area contributed by atoms with Gasteiger partial charge in [-0.2, -0.15) is 5.10 Å². The van der Waals surface area contributed by atoms with Gasteiger partial charge < -0.3 is 20.1 Å². The second-order valence-corrected chi connectivity index (χ2v) is 7.12. The van der Waals surface area contributed by atoms with E-state index in [1.54, 1.807) is 32.0 Å². The van der Waals surface area contributed by atoms with Crippen LogP contribution >= 0.6 is 0 Å². The van der Waals surface area contributed by atoms with E-state index in [9.17, 15) is 14.4 Å². The van der Waals surface area contributed by atoms with Crippen LogP contribution in [0.1, 0.15) is 31.9 Å². The number of nitrogens with one attached hydrogen (secondary N) is 3. The van der Waals surface area contributed by atoms with Gasteiger partial charge >= 0.3 is 11.8 Å². The summed E-state index contributed by atoms with van der Waals surface area (Å²) >= 11 is 0. The van der Waals surface area contributed by atoms with E-state index in [0.717, 1.165) is 6.42 Å². The molecule has 2 aromatic carbocycles. The highest BCUT2D eigenvalue weighted by Crippen LogP contribution is 2.27. The Hall–Kier alpha value is -3.88. The molecule has 170 valence electrons. The van der Waals surface area contributed by atoms with E-state index < -0.39 is 11.8 Å². The van der Waals surface area contributed by atoms with Crippen LogP contribution in [0.2, 0.25) is 0 Å². The molecule has 0 aliphatic carbocycles. The van der Waals surface area contributed by atoms with Gasteiger partial charge in [-0.1, -0.05) is 19.1 Å². The van der Waals surface area contributed by atoms with Gasteiger partial charge in [0.25, 0.3) is 5.91 Å². The first kappa shape index (κ1) is 24.4. The summed E-state index contributed by atoms with van der Waals surface area (Å²) in [7, 11) is 1.47. The van der Waals surface area contributed by atoms with Crippen molar-refractivity contribution in [1.29, 1.82) is 0 Å². The van der Waals surface area contributed by atoms with E-state index in [-0.39, 0.29) is 18.6 Å². The number of carbonyl (C=O) groups excluding carboxylic acids is 3. The fourth-order valence-corrected chi connectivity index (χ4v) is 2.59. The molecular weight excluding hydrogens is 412 g/mol. The summed E-state index contributed by atoms with van der Waals surface area (Å²) in [6, 6.07) is 12.4. The van der Waals surface area contributed by atoms with Crippen molar-refractivity contribution in [1.82, 2.24) is 10.7 Å². The Morgan fingerprint density at radius 2 is 1.75 bits per heavy atom. The van der Waals surface area contributed by atoms with Crippen LogP contribution in [0.15, 0.2) is 47.6 Å². The molecule has 32 heavy (non-hydrogen) atoms. The molecule has 2 aromatic rings. The Morgan fingerprint density at radius 1 is 1.03 bits per heavy atom. The second-order valence-electron chi connectivity index (χ2n) is 7.12. The average Bonchev–Trinajstić information content (AvgIpc) is 2.78. The molecule has 0 aliphatic heterocycles. The van der Waals surface area contributed by atoms with Crippen LogP contribution in [0.3, 0.4) is 0 Å². The van der Waals surface area contributed by atoms with E-state index in [2.05, 4.69) is 28.1 Å². The lowest BCUT2D eigenvalue weighted by Gasteiger charge is -2.11. The third-order valence-electron chi connectivity index (χ3n) is 4.20. The third-order valence-corrected chi connectivity index (χ3v) is 4.20. The molecule has 9 heteroatoms. The van der Waals surface area contributed by atoms with Gasteiger partial charge in [-0.05, 0) is 61.7 Å². The van der Waals surface area contributed by atoms with Crippen molar-refractivity contribution in [3.8, 4) is 11.5 Å². The molecule has 0 spiro atoms. The highest BCUT2D eigenvalue weighted by atomic mass is 16.5. The number of hydrogen-bond acceptors (Lipinski definition) is 6. The molecule has 0 unspecified atom stereocenters. The van der Waals surface area contributed by atoms with Crippen molar-refractivity contribution in [2.75, 3.05) is 19.0 Å². The van der Waals surface area contributed by atoms with Crippen LogP contribution in [0.4, 0.5) is 5.69 Å². The first-order valence-electron chi connectivity index (χ1n) is 10.2. The summed E-state index contributed by atoms with van der Waals surface area (Å²) in [6.45, 7) is 5.37. The number of hydrazone groups is 1. The lowest BCUT2D eigenvalue weighted by molar-refractivity contribution is -0.139. The van der Waals surface area contributed by atoms with Crippen LogP contribution in [0.25, 0.3) is 0 Å². The Labute approximate surface area is 187 Å². The number of ether oxygens (including phenoxy) is 2. The zero-order chi connectivity index (χ0) is 23.5. The van der Waals surface area contributed by atoms with E-state index in [4.69, 9.17) is 9.47 Å². The molecule has 0 saturated heterocycles. The first-order chi connectivity index (χ1) is 15.3. The predicted molar refractivity (Wildman–Crippen MR) is 122 cm³/mol. The maximum atomic E-state index is 12.2. The number of benzene rings is 2. The third kappa shape index (κ3) is 7.75. The molecule has 0 saturated carbocycles. The van der Waals surface area contributed by atoms with Gasteiger partial charge in [0.05, 0.1) is 13.3 Å². The van der Waals surface area contributed by atoms with Crippen molar-refractivity contribution in [2.45, 2.75) is 33.2 Å². The van der Waals surface area contributed by atoms with Crippen molar-refractivity contribution < 1.29 is 23.9 Å². The average molecular weight is 441 g/mol. The molecule has 0 fully saturated rings. The standard InChI is InChI=1S/C23H28N4O5/c1-5-16-6-9-18(10-7-16)26-21(28)14-32-19-11-8-17(12-20(19)31-4)13-24-27-23(30)22(29)25-15(2)3/h6-13,15H,5,14H2,1-4H3,(H,25,29)(H,26,28)(H,27,30)/b24-13-. The van der Waals surface area contributed by atoms with Gasteiger partial charge in [0.15, 0.2) is 18.1 Å².